The van der Waals surface area contributed by atoms with E-state index in [1.807, 2.05) is 79.7 Å². The first-order valence-corrected chi connectivity index (χ1v) is 11.9. The SMILES string of the molecule is Cc1ccc(C(=O)N2C(C(=O)NCc3ccc4c(c3)OCO4)CSC2c2ccccc2)cc1. The molecule has 168 valence electrons. The highest BCUT2D eigenvalue weighted by atomic mass is 32.2. The second-order valence-corrected chi connectivity index (χ2v) is 9.21. The number of amides is 2. The number of hydrogen-bond donors (Lipinski definition) is 1. The number of ether oxygens (including phenoxy) is 2. The molecule has 2 aliphatic rings. The minimum Gasteiger partial charge on any atom is -0.454 e. The third-order valence-electron chi connectivity index (χ3n) is 5.82. The van der Waals surface area contributed by atoms with Gasteiger partial charge in [-0.15, -0.1) is 11.8 Å². The van der Waals surface area contributed by atoms with E-state index in [9.17, 15) is 9.59 Å². The van der Waals surface area contributed by atoms with Gasteiger partial charge in [-0.3, -0.25) is 9.59 Å². The van der Waals surface area contributed by atoms with Crippen LogP contribution in [0.4, 0.5) is 0 Å². The van der Waals surface area contributed by atoms with Gasteiger partial charge in [0.25, 0.3) is 5.91 Å². The number of rotatable bonds is 5. The molecule has 0 spiro atoms. The van der Waals surface area contributed by atoms with E-state index in [2.05, 4.69) is 5.32 Å². The molecule has 5 rings (SSSR count). The van der Waals surface area contributed by atoms with E-state index in [0.717, 1.165) is 16.7 Å². The summed E-state index contributed by atoms with van der Waals surface area (Å²) in [5.41, 5.74) is 3.58. The van der Waals surface area contributed by atoms with Crippen LogP contribution in [0.25, 0.3) is 0 Å². The van der Waals surface area contributed by atoms with Gasteiger partial charge in [-0.2, -0.15) is 0 Å². The first-order valence-electron chi connectivity index (χ1n) is 10.8. The first-order chi connectivity index (χ1) is 16.1. The molecule has 33 heavy (non-hydrogen) atoms. The summed E-state index contributed by atoms with van der Waals surface area (Å²) < 4.78 is 10.8. The van der Waals surface area contributed by atoms with Crippen LogP contribution < -0.4 is 14.8 Å². The number of nitrogens with one attached hydrogen (secondary N) is 1. The lowest BCUT2D eigenvalue weighted by Crippen LogP contribution is -2.47. The Morgan fingerprint density at radius 3 is 2.55 bits per heavy atom. The zero-order valence-electron chi connectivity index (χ0n) is 18.2. The summed E-state index contributed by atoms with van der Waals surface area (Å²) in [5, 5.41) is 2.79. The summed E-state index contributed by atoms with van der Waals surface area (Å²) in [6.45, 7) is 2.54. The van der Waals surface area contributed by atoms with Crippen molar-refractivity contribution in [3.63, 3.8) is 0 Å². The predicted molar refractivity (Wildman–Crippen MR) is 127 cm³/mol. The van der Waals surface area contributed by atoms with Crippen molar-refractivity contribution >= 4 is 23.6 Å². The Morgan fingerprint density at radius 2 is 1.76 bits per heavy atom. The maximum atomic E-state index is 13.6. The second-order valence-electron chi connectivity index (χ2n) is 8.10. The van der Waals surface area contributed by atoms with Crippen LogP contribution in [0.15, 0.2) is 72.8 Å². The molecule has 3 aromatic carbocycles. The Labute approximate surface area is 196 Å². The number of carbonyl (C=O) groups is 2. The molecule has 2 aliphatic heterocycles. The first kappa shape index (κ1) is 21.4. The van der Waals surface area contributed by atoms with Gasteiger partial charge in [0.05, 0.1) is 0 Å². The fourth-order valence-corrected chi connectivity index (χ4v) is 5.46. The topological polar surface area (TPSA) is 67.9 Å². The van der Waals surface area contributed by atoms with E-state index in [0.29, 0.717) is 29.4 Å². The Balaban J connectivity index is 1.36. The highest BCUT2D eigenvalue weighted by Crippen LogP contribution is 2.42. The van der Waals surface area contributed by atoms with E-state index in [1.165, 1.54) is 0 Å². The smallest absolute Gasteiger partial charge is 0.255 e. The zero-order chi connectivity index (χ0) is 22.8. The summed E-state index contributed by atoms with van der Waals surface area (Å²) in [6.07, 6.45) is 0. The number of hydrogen-bond acceptors (Lipinski definition) is 5. The van der Waals surface area contributed by atoms with E-state index >= 15 is 0 Å². The van der Waals surface area contributed by atoms with Crippen molar-refractivity contribution in [3.05, 3.63) is 95.1 Å². The lowest BCUT2D eigenvalue weighted by atomic mass is 10.1. The Morgan fingerprint density at radius 1 is 1.00 bits per heavy atom. The highest BCUT2D eigenvalue weighted by molar-refractivity contribution is 7.99. The van der Waals surface area contributed by atoms with Gasteiger partial charge in [0, 0.05) is 17.9 Å². The molecule has 1 N–H and O–H groups in total. The fraction of sp³-hybridized carbons (Fsp3) is 0.231. The number of thioether (sulfide) groups is 1. The van der Waals surface area contributed by atoms with E-state index in [1.54, 1.807) is 16.7 Å². The third-order valence-corrected chi connectivity index (χ3v) is 7.15. The highest BCUT2D eigenvalue weighted by Gasteiger charge is 2.42. The molecule has 6 nitrogen and oxygen atoms in total. The fourth-order valence-electron chi connectivity index (χ4n) is 4.03. The molecule has 0 radical (unpaired) electrons. The Hall–Kier alpha value is -3.45. The van der Waals surface area contributed by atoms with Gasteiger partial charge in [0.1, 0.15) is 11.4 Å². The molecule has 2 unspecified atom stereocenters. The van der Waals surface area contributed by atoms with Gasteiger partial charge in [0.15, 0.2) is 11.5 Å². The summed E-state index contributed by atoms with van der Waals surface area (Å²) in [6, 6.07) is 22.4. The molecule has 7 heteroatoms. The van der Waals surface area contributed by atoms with Gasteiger partial charge in [-0.05, 0) is 42.3 Å². The molecular weight excluding hydrogens is 436 g/mol. The number of fused-ring (bicyclic) bond motifs is 1. The van der Waals surface area contributed by atoms with Gasteiger partial charge in [0.2, 0.25) is 12.7 Å². The number of nitrogens with zero attached hydrogens (tertiary/aromatic N) is 1. The van der Waals surface area contributed by atoms with E-state index < -0.39 is 6.04 Å². The minimum absolute atomic E-state index is 0.142. The summed E-state index contributed by atoms with van der Waals surface area (Å²) >= 11 is 1.61. The van der Waals surface area contributed by atoms with Crippen LogP contribution in [0.2, 0.25) is 0 Å². The van der Waals surface area contributed by atoms with Crippen molar-refractivity contribution in [2.24, 2.45) is 0 Å². The molecule has 0 aliphatic carbocycles. The van der Waals surface area contributed by atoms with Crippen LogP contribution in [-0.2, 0) is 11.3 Å². The lowest BCUT2D eigenvalue weighted by molar-refractivity contribution is -0.125. The Bertz CT molecular complexity index is 1170. The molecule has 0 bridgehead atoms. The average molecular weight is 461 g/mol. The van der Waals surface area contributed by atoms with Crippen LogP contribution >= 0.6 is 11.8 Å². The maximum Gasteiger partial charge on any atom is 0.255 e. The molecule has 1 fully saturated rings. The Kier molecular flexibility index (Phi) is 5.96. The summed E-state index contributed by atoms with van der Waals surface area (Å²) in [5.74, 6) is 1.61. The van der Waals surface area contributed by atoms with E-state index in [-0.39, 0.29) is 24.0 Å². The standard InChI is InChI=1S/C26H24N2O4S/c1-17-7-10-19(11-8-17)25(30)28-21(15-33-26(28)20-5-3-2-4-6-20)24(29)27-14-18-9-12-22-23(13-18)32-16-31-22/h2-13,21,26H,14-16H2,1H3,(H,27,29). The quantitative estimate of drug-likeness (QED) is 0.615. The number of carbonyl (C=O) groups excluding carboxylic acids is 2. The average Bonchev–Trinajstić information content (AvgIpc) is 3.50. The third kappa shape index (κ3) is 4.41. The molecule has 1 saturated heterocycles. The van der Waals surface area contributed by atoms with Crippen LogP contribution in [0.3, 0.4) is 0 Å². The summed E-state index contributed by atoms with van der Waals surface area (Å²) in [4.78, 5) is 28.5. The molecule has 2 atom stereocenters. The van der Waals surface area contributed by atoms with Gasteiger partial charge >= 0.3 is 0 Å². The zero-order valence-corrected chi connectivity index (χ0v) is 19.0. The lowest BCUT2D eigenvalue weighted by Gasteiger charge is -2.29. The largest absolute Gasteiger partial charge is 0.454 e. The van der Waals surface area contributed by atoms with Gasteiger partial charge < -0.3 is 19.7 Å². The second kappa shape index (κ2) is 9.19. The molecule has 0 aromatic heterocycles. The van der Waals surface area contributed by atoms with Gasteiger partial charge in [-0.1, -0.05) is 54.1 Å². The predicted octanol–water partition coefficient (Wildman–Crippen LogP) is 4.30. The van der Waals surface area contributed by atoms with Crippen molar-refractivity contribution in [2.75, 3.05) is 12.5 Å². The molecular formula is C26H24N2O4S. The minimum atomic E-state index is -0.567. The van der Waals surface area contributed by atoms with Gasteiger partial charge in [-0.25, -0.2) is 0 Å². The van der Waals surface area contributed by atoms with Crippen molar-refractivity contribution < 1.29 is 19.1 Å². The summed E-state index contributed by atoms with van der Waals surface area (Å²) in [7, 11) is 0. The monoisotopic (exact) mass is 460 g/mol. The van der Waals surface area contributed by atoms with Crippen LogP contribution in [0, 0.1) is 6.92 Å². The van der Waals surface area contributed by atoms with E-state index in [4.69, 9.17) is 9.47 Å². The van der Waals surface area contributed by atoms with Crippen LogP contribution in [0.5, 0.6) is 11.5 Å². The molecule has 3 aromatic rings. The van der Waals surface area contributed by atoms with Crippen molar-refractivity contribution in [2.45, 2.75) is 24.9 Å². The van der Waals surface area contributed by atoms with Crippen molar-refractivity contribution in [1.29, 1.82) is 0 Å². The van der Waals surface area contributed by atoms with Crippen LogP contribution in [0.1, 0.15) is 32.4 Å². The molecule has 2 amide bonds. The normalized spacial score (nSPS) is 18.9. The number of benzene rings is 3. The van der Waals surface area contributed by atoms with Crippen LogP contribution in [-0.4, -0.2) is 35.3 Å². The maximum absolute atomic E-state index is 13.6. The molecule has 0 saturated carbocycles. The molecule has 2 heterocycles. The van der Waals surface area contributed by atoms with Crippen molar-refractivity contribution in [3.8, 4) is 11.5 Å². The number of aryl methyl sites for hydroxylation is 1. The van der Waals surface area contributed by atoms with Crippen molar-refractivity contribution in [1.82, 2.24) is 10.2 Å².